The number of hydrogen-bond acceptors (Lipinski definition) is 0. The molecule has 0 amide bonds. The zero-order valence-electron chi connectivity index (χ0n) is 8.32. The number of rotatable bonds is 2. The van der Waals surface area contributed by atoms with E-state index in [0.29, 0.717) is 0 Å². The fraction of sp³-hybridized carbons (Fsp3) is 0.455. The van der Waals surface area contributed by atoms with Crippen LogP contribution in [0.5, 0.6) is 0 Å². The molecule has 0 spiro atoms. The Morgan fingerprint density at radius 1 is 1.25 bits per heavy atom. The molecule has 0 fully saturated rings. The molecule has 0 heterocycles. The molecular formula is C11H17F. The smallest absolute Gasteiger partial charge is 0.122 e. The van der Waals surface area contributed by atoms with E-state index < -0.39 is 0 Å². The minimum Gasteiger partial charge on any atom is -0.207 e. The van der Waals surface area contributed by atoms with Crippen LogP contribution in [0, 0.1) is 5.41 Å². The normalized spacial score (nSPS) is 14.8. The third-order valence-electron chi connectivity index (χ3n) is 1.87. The molecule has 0 rings (SSSR count). The summed E-state index contributed by atoms with van der Waals surface area (Å²) in [6.07, 6.45) is 4.43. The lowest BCUT2D eigenvalue weighted by Gasteiger charge is -2.18. The minimum absolute atomic E-state index is 0.109. The van der Waals surface area contributed by atoms with E-state index in [4.69, 9.17) is 0 Å². The van der Waals surface area contributed by atoms with Gasteiger partial charge in [0.1, 0.15) is 5.83 Å². The number of allylic oxidation sites excluding steroid dienone is 5. The molecule has 0 aliphatic heterocycles. The van der Waals surface area contributed by atoms with Gasteiger partial charge in [-0.2, -0.15) is 0 Å². The molecule has 0 aliphatic carbocycles. The quantitative estimate of drug-likeness (QED) is 0.546. The van der Waals surface area contributed by atoms with E-state index in [1.807, 2.05) is 6.92 Å². The molecule has 0 aliphatic rings. The molecule has 0 aromatic carbocycles. The molecule has 68 valence electrons. The topological polar surface area (TPSA) is 0 Å². The second kappa shape index (κ2) is 4.24. The average Bonchev–Trinajstić information content (AvgIpc) is 1.97. The van der Waals surface area contributed by atoms with Gasteiger partial charge in [-0.05, 0) is 24.5 Å². The largest absolute Gasteiger partial charge is 0.207 e. The van der Waals surface area contributed by atoms with Crippen molar-refractivity contribution in [3.63, 3.8) is 0 Å². The Morgan fingerprint density at radius 3 is 2.08 bits per heavy atom. The monoisotopic (exact) mass is 168 g/mol. The van der Waals surface area contributed by atoms with Crippen molar-refractivity contribution in [1.82, 2.24) is 0 Å². The van der Waals surface area contributed by atoms with Crippen LogP contribution in [0.3, 0.4) is 0 Å². The summed E-state index contributed by atoms with van der Waals surface area (Å²) in [5, 5.41) is 0. The summed E-state index contributed by atoms with van der Waals surface area (Å²) in [5.74, 6) is -0.293. The van der Waals surface area contributed by atoms with Crippen LogP contribution in [0.1, 0.15) is 27.7 Å². The van der Waals surface area contributed by atoms with Crippen LogP contribution in [-0.4, -0.2) is 0 Å². The van der Waals surface area contributed by atoms with Gasteiger partial charge < -0.3 is 0 Å². The van der Waals surface area contributed by atoms with E-state index >= 15 is 0 Å². The molecule has 0 bridgehead atoms. The van der Waals surface area contributed by atoms with Gasteiger partial charge in [-0.1, -0.05) is 39.0 Å². The zero-order valence-corrected chi connectivity index (χ0v) is 8.32. The molecule has 0 aromatic rings. The molecule has 12 heavy (non-hydrogen) atoms. The van der Waals surface area contributed by atoms with Crippen LogP contribution in [0.25, 0.3) is 0 Å². The zero-order chi connectivity index (χ0) is 9.78. The molecule has 0 atom stereocenters. The maximum Gasteiger partial charge on any atom is 0.122 e. The lowest BCUT2D eigenvalue weighted by atomic mass is 9.87. The number of halogens is 1. The second-order valence-corrected chi connectivity index (χ2v) is 3.86. The van der Waals surface area contributed by atoms with Crippen LogP contribution in [0.4, 0.5) is 4.39 Å². The summed E-state index contributed by atoms with van der Waals surface area (Å²) < 4.78 is 12.6. The van der Waals surface area contributed by atoms with E-state index in [1.165, 1.54) is 12.2 Å². The molecule has 0 aromatic heterocycles. The van der Waals surface area contributed by atoms with Gasteiger partial charge in [-0.3, -0.25) is 0 Å². The fourth-order valence-corrected chi connectivity index (χ4v) is 0.523. The van der Waals surface area contributed by atoms with Gasteiger partial charge >= 0.3 is 0 Å². The first kappa shape index (κ1) is 11.2. The molecule has 0 N–H and O–H groups in total. The van der Waals surface area contributed by atoms with Crippen LogP contribution < -0.4 is 0 Å². The number of hydrogen-bond donors (Lipinski definition) is 0. The first-order chi connectivity index (χ1) is 5.38. The van der Waals surface area contributed by atoms with Gasteiger partial charge in [0.25, 0.3) is 0 Å². The van der Waals surface area contributed by atoms with E-state index in [9.17, 15) is 4.39 Å². The highest BCUT2D eigenvalue weighted by Gasteiger charge is 2.10. The summed E-state index contributed by atoms with van der Waals surface area (Å²) in [6, 6.07) is 0. The molecule has 1 heteroatoms. The van der Waals surface area contributed by atoms with Crippen LogP contribution in [0.2, 0.25) is 0 Å². The molecule has 0 saturated carbocycles. The van der Waals surface area contributed by atoms with Crippen molar-refractivity contribution in [2.24, 2.45) is 5.41 Å². The Bertz CT molecular complexity index is 214. The van der Waals surface area contributed by atoms with Gasteiger partial charge in [-0.15, -0.1) is 0 Å². The third kappa shape index (κ3) is 4.12. The maximum absolute atomic E-state index is 12.6. The van der Waals surface area contributed by atoms with Crippen molar-refractivity contribution >= 4 is 0 Å². The molecule has 0 nitrogen and oxygen atoms in total. The highest BCUT2D eigenvalue weighted by Crippen LogP contribution is 2.24. The van der Waals surface area contributed by atoms with E-state index in [0.717, 1.165) is 5.57 Å². The van der Waals surface area contributed by atoms with E-state index in [1.54, 1.807) is 6.08 Å². The lowest BCUT2D eigenvalue weighted by molar-refractivity contribution is 0.504. The van der Waals surface area contributed by atoms with Crippen molar-refractivity contribution in [2.45, 2.75) is 27.7 Å². The van der Waals surface area contributed by atoms with E-state index in [-0.39, 0.29) is 11.2 Å². The molecule has 0 radical (unpaired) electrons. The first-order valence-electron chi connectivity index (χ1n) is 4.05. The van der Waals surface area contributed by atoms with E-state index in [2.05, 4.69) is 27.4 Å². The van der Waals surface area contributed by atoms with Gasteiger partial charge in [0.15, 0.2) is 0 Å². The van der Waals surface area contributed by atoms with Gasteiger partial charge in [0, 0.05) is 0 Å². The van der Waals surface area contributed by atoms with Crippen LogP contribution >= 0.6 is 0 Å². The fourth-order valence-electron chi connectivity index (χ4n) is 0.523. The van der Waals surface area contributed by atoms with Crippen molar-refractivity contribution < 1.29 is 4.39 Å². The highest BCUT2D eigenvalue weighted by molar-refractivity contribution is 5.21. The average molecular weight is 168 g/mol. The van der Waals surface area contributed by atoms with Crippen molar-refractivity contribution in [1.29, 1.82) is 0 Å². The predicted molar refractivity (Wildman–Crippen MR) is 52.6 cm³/mol. The summed E-state index contributed by atoms with van der Waals surface area (Å²) >= 11 is 0. The summed E-state index contributed by atoms with van der Waals surface area (Å²) in [5.41, 5.74) is 1.26. The van der Waals surface area contributed by atoms with Gasteiger partial charge in [0.05, 0.1) is 0 Å². The van der Waals surface area contributed by atoms with Gasteiger partial charge in [-0.25, -0.2) is 4.39 Å². The van der Waals surface area contributed by atoms with Crippen molar-refractivity contribution in [2.75, 3.05) is 0 Å². The first-order valence-corrected chi connectivity index (χ1v) is 4.05. The SMILES string of the molecule is C=C/C(F)=C\C=C(/C)C(C)(C)C. The molecule has 0 unspecified atom stereocenters. The second-order valence-electron chi connectivity index (χ2n) is 3.86. The lowest BCUT2D eigenvalue weighted by Crippen LogP contribution is -2.05. The third-order valence-corrected chi connectivity index (χ3v) is 1.87. The summed E-state index contributed by atoms with van der Waals surface area (Å²) in [6.45, 7) is 11.6. The predicted octanol–water partition coefficient (Wildman–Crippen LogP) is 4.02. The maximum atomic E-state index is 12.6. The Balaban J connectivity index is 4.49. The molecular weight excluding hydrogens is 151 g/mol. The Labute approximate surface area is 74.5 Å². The Kier molecular flexibility index (Phi) is 3.94. The van der Waals surface area contributed by atoms with Crippen LogP contribution in [0.15, 0.2) is 36.2 Å². The highest BCUT2D eigenvalue weighted by atomic mass is 19.1. The van der Waals surface area contributed by atoms with Crippen molar-refractivity contribution in [3.05, 3.63) is 36.2 Å². The Hall–Kier alpha value is -0.850. The standard InChI is InChI=1S/C11H17F/c1-6-10(12)8-7-9(2)11(3,4)5/h6-8H,1H2,2-5H3/b9-7+,10-8+. The van der Waals surface area contributed by atoms with Gasteiger partial charge in [0.2, 0.25) is 0 Å². The minimum atomic E-state index is -0.293. The Morgan fingerprint density at radius 2 is 1.75 bits per heavy atom. The summed E-state index contributed by atoms with van der Waals surface area (Å²) in [4.78, 5) is 0. The van der Waals surface area contributed by atoms with Crippen molar-refractivity contribution in [3.8, 4) is 0 Å². The van der Waals surface area contributed by atoms with Crippen LogP contribution in [-0.2, 0) is 0 Å². The summed E-state index contributed by atoms with van der Waals surface area (Å²) in [7, 11) is 0. The molecule has 0 saturated heterocycles.